The molecule has 1 aromatic carbocycles. The van der Waals surface area contributed by atoms with Crippen molar-refractivity contribution in [2.24, 2.45) is 0 Å². The number of carbonyl (C=O) groups is 1. The Morgan fingerprint density at radius 1 is 1.44 bits per heavy atom. The maximum atomic E-state index is 11.7. The minimum Gasteiger partial charge on any atom is -0.396 e. The number of nitrogens with zero attached hydrogens (tertiary/aromatic N) is 1. The number of thiazole rings is 1. The summed E-state index contributed by atoms with van der Waals surface area (Å²) in [6.07, 6.45) is 1.32. The van der Waals surface area contributed by atoms with E-state index in [9.17, 15) is 9.59 Å². The van der Waals surface area contributed by atoms with Crippen molar-refractivity contribution in [3.05, 3.63) is 33.4 Å². The minimum atomic E-state index is -0.0495. The van der Waals surface area contributed by atoms with Gasteiger partial charge in [-0.1, -0.05) is 11.3 Å². The van der Waals surface area contributed by atoms with Gasteiger partial charge in [-0.3, -0.25) is 14.2 Å². The second kappa shape index (κ2) is 4.59. The molecule has 16 heavy (non-hydrogen) atoms. The average Bonchev–Trinajstić information content (AvgIpc) is 2.61. The van der Waals surface area contributed by atoms with E-state index in [4.69, 9.17) is 5.11 Å². The average molecular weight is 237 g/mol. The molecule has 0 amide bonds. The van der Waals surface area contributed by atoms with Gasteiger partial charge in [0.25, 0.3) is 0 Å². The van der Waals surface area contributed by atoms with Gasteiger partial charge in [0.2, 0.25) is 0 Å². The van der Waals surface area contributed by atoms with Crippen LogP contribution >= 0.6 is 11.3 Å². The van der Waals surface area contributed by atoms with Gasteiger partial charge < -0.3 is 5.11 Å². The predicted molar refractivity (Wildman–Crippen MR) is 63.2 cm³/mol. The number of benzene rings is 1. The van der Waals surface area contributed by atoms with Crippen molar-refractivity contribution >= 4 is 27.8 Å². The van der Waals surface area contributed by atoms with Crippen molar-refractivity contribution in [3.63, 3.8) is 0 Å². The molecule has 0 fully saturated rings. The zero-order chi connectivity index (χ0) is 11.5. The standard InChI is InChI=1S/C11H11NO3S/c13-5-1-4-12-9-3-2-8(7-14)6-10(9)16-11(12)15/h2-3,6-7,13H,1,4-5H2. The summed E-state index contributed by atoms with van der Waals surface area (Å²) < 4.78 is 2.44. The number of hydrogen-bond acceptors (Lipinski definition) is 4. The Morgan fingerprint density at radius 2 is 2.25 bits per heavy atom. The van der Waals surface area contributed by atoms with Crippen molar-refractivity contribution in [2.45, 2.75) is 13.0 Å². The van der Waals surface area contributed by atoms with Crippen molar-refractivity contribution in [1.82, 2.24) is 4.57 Å². The number of aldehydes is 1. The highest BCUT2D eigenvalue weighted by molar-refractivity contribution is 7.16. The van der Waals surface area contributed by atoms with Crippen LogP contribution in [-0.4, -0.2) is 22.6 Å². The third-order valence-corrected chi connectivity index (χ3v) is 3.31. The van der Waals surface area contributed by atoms with Gasteiger partial charge in [0.05, 0.1) is 10.2 Å². The molecule has 2 aromatic rings. The maximum Gasteiger partial charge on any atom is 0.308 e. The molecule has 1 heterocycles. The van der Waals surface area contributed by atoms with Crippen LogP contribution in [0.5, 0.6) is 0 Å². The monoisotopic (exact) mass is 237 g/mol. The highest BCUT2D eigenvalue weighted by atomic mass is 32.1. The molecular formula is C11H11NO3S. The Kier molecular flexibility index (Phi) is 3.17. The largest absolute Gasteiger partial charge is 0.396 e. The lowest BCUT2D eigenvalue weighted by Gasteiger charge is -2.01. The molecule has 0 unspecified atom stereocenters. The quantitative estimate of drug-likeness (QED) is 0.814. The topological polar surface area (TPSA) is 59.3 Å². The first-order valence-electron chi connectivity index (χ1n) is 4.95. The molecule has 0 aliphatic heterocycles. The second-order valence-corrected chi connectivity index (χ2v) is 4.43. The molecule has 0 saturated heterocycles. The molecule has 1 aromatic heterocycles. The molecule has 0 bridgehead atoms. The Labute approximate surface area is 95.8 Å². The highest BCUT2D eigenvalue weighted by Gasteiger charge is 2.07. The van der Waals surface area contributed by atoms with E-state index in [1.54, 1.807) is 22.8 Å². The van der Waals surface area contributed by atoms with Crippen LogP contribution in [0.4, 0.5) is 0 Å². The van der Waals surface area contributed by atoms with Crippen LogP contribution in [0, 0.1) is 0 Å². The van der Waals surface area contributed by atoms with Crippen molar-refractivity contribution in [3.8, 4) is 0 Å². The number of aliphatic hydroxyl groups is 1. The maximum absolute atomic E-state index is 11.7. The van der Waals surface area contributed by atoms with E-state index in [0.29, 0.717) is 18.5 Å². The molecule has 0 saturated carbocycles. The van der Waals surface area contributed by atoms with E-state index < -0.39 is 0 Å². The molecule has 0 spiro atoms. The summed E-state index contributed by atoms with van der Waals surface area (Å²) in [6.45, 7) is 0.575. The zero-order valence-electron chi connectivity index (χ0n) is 8.55. The van der Waals surface area contributed by atoms with Gasteiger partial charge in [0.1, 0.15) is 6.29 Å². The number of aryl methyl sites for hydroxylation is 1. The Bertz CT molecular complexity index is 570. The van der Waals surface area contributed by atoms with E-state index in [0.717, 1.165) is 27.8 Å². The molecule has 2 rings (SSSR count). The molecule has 0 atom stereocenters. The number of hydrogen-bond donors (Lipinski definition) is 1. The van der Waals surface area contributed by atoms with Crippen LogP contribution in [0.25, 0.3) is 10.2 Å². The zero-order valence-corrected chi connectivity index (χ0v) is 9.37. The van der Waals surface area contributed by atoms with Crippen molar-refractivity contribution in [2.75, 3.05) is 6.61 Å². The van der Waals surface area contributed by atoms with Gasteiger partial charge >= 0.3 is 4.87 Å². The smallest absolute Gasteiger partial charge is 0.308 e. The van der Waals surface area contributed by atoms with Crippen LogP contribution < -0.4 is 4.87 Å². The van der Waals surface area contributed by atoms with Gasteiger partial charge in [-0.2, -0.15) is 0 Å². The number of aliphatic hydroxyl groups excluding tert-OH is 1. The van der Waals surface area contributed by atoms with Gasteiger partial charge in [-0.15, -0.1) is 0 Å². The SMILES string of the molecule is O=Cc1ccc2c(c1)sc(=O)n2CCCO. The lowest BCUT2D eigenvalue weighted by Crippen LogP contribution is -2.13. The first kappa shape index (κ1) is 11.0. The normalized spacial score (nSPS) is 10.8. The van der Waals surface area contributed by atoms with Crippen molar-refractivity contribution < 1.29 is 9.90 Å². The van der Waals surface area contributed by atoms with Gasteiger partial charge in [-0.05, 0) is 24.6 Å². The minimum absolute atomic E-state index is 0.0495. The third-order valence-electron chi connectivity index (χ3n) is 2.37. The van der Waals surface area contributed by atoms with Crippen LogP contribution in [0.2, 0.25) is 0 Å². The molecule has 84 valence electrons. The van der Waals surface area contributed by atoms with Crippen LogP contribution in [0.1, 0.15) is 16.8 Å². The van der Waals surface area contributed by atoms with Gasteiger partial charge in [-0.25, -0.2) is 0 Å². The Hall–Kier alpha value is -1.46. The fourth-order valence-corrected chi connectivity index (χ4v) is 2.56. The van der Waals surface area contributed by atoms with Gasteiger partial charge in [0.15, 0.2) is 0 Å². The van der Waals surface area contributed by atoms with E-state index in [1.807, 2.05) is 0 Å². The summed E-state index contributed by atoms with van der Waals surface area (Å²) in [5.74, 6) is 0. The fourth-order valence-electron chi connectivity index (χ4n) is 1.60. The number of aromatic nitrogens is 1. The first-order valence-corrected chi connectivity index (χ1v) is 5.77. The van der Waals surface area contributed by atoms with E-state index in [-0.39, 0.29) is 11.5 Å². The molecule has 0 aliphatic carbocycles. The van der Waals surface area contributed by atoms with Crippen LogP contribution in [0.15, 0.2) is 23.0 Å². The predicted octanol–water partition coefficient (Wildman–Crippen LogP) is 1.26. The van der Waals surface area contributed by atoms with Crippen LogP contribution in [-0.2, 0) is 6.54 Å². The number of fused-ring (bicyclic) bond motifs is 1. The van der Waals surface area contributed by atoms with E-state index >= 15 is 0 Å². The highest BCUT2D eigenvalue weighted by Crippen LogP contribution is 2.18. The third kappa shape index (κ3) is 1.91. The van der Waals surface area contributed by atoms with Crippen molar-refractivity contribution in [1.29, 1.82) is 0 Å². The summed E-state index contributed by atoms with van der Waals surface area (Å²) in [4.78, 5) is 22.2. The van der Waals surface area contributed by atoms with E-state index in [2.05, 4.69) is 0 Å². The lowest BCUT2D eigenvalue weighted by molar-refractivity contribution is 0.112. The summed E-state index contributed by atoms with van der Waals surface area (Å²) in [7, 11) is 0. The lowest BCUT2D eigenvalue weighted by atomic mass is 10.2. The van der Waals surface area contributed by atoms with E-state index in [1.165, 1.54) is 0 Å². The Balaban J connectivity index is 2.53. The molecule has 1 N–H and O–H groups in total. The molecule has 0 aliphatic rings. The summed E-state index contributed by atoms with van der Waals surface area (Å²) in [6, 6.07) is 5.18. The van der Waals surface area contributed by atoms with Gasteiger partial charge in [0, 0.05) is 18.7 Å². The second-order valence-electron chi connectivity index (χ2n) is 3.44. The molecular weight excluding hydrogens is 226 g/mol. The van der Waals surface area contributed by atoms with Crippen LogP contribution in [0.3, 0.4) is 0 Å². The molecule has 5 heteroatoms. The number of rotatable bonds is 4. The summed E-state index contributed by atoms with van der Waals surface area (Å²) >= 11 is 1.13. The molecule has 0 radical (unpaired) electrons. The summed E-state index contributed by atoms with van der Waals surface area (Å²) in [5, 5.41) is 8.75. The fraction of sp³-hybridized carbons (Fsp3) is 0.273. The Morgan fingerprint density at radius 3 is 2.94 bits per heavy atom. The summed E-state index contributed by atoms with van der Waals surface area (Å²) in [5.41, 5.74) is 1.40. The molecule has 4 nitrogen and oxygen atoms in total. The first-order chi connectivity index (χ1) is 7.76. The number of carbonyl (C=O) groups excluding carboxylic acids is 1.